The Morgan fingerprint density at radius 3 is 2.92 bits per heavy atom. The Bertz CT molecular complexity index is 759. The van der Waals surface area contributed by atoms with Crippen molar-refractivity contribution in [3.8, 4) is 0 Å². The van der Waals surface area contributed by atoms with Gasteiger partial charge in [0, 0.05) is 32.3 Å². The number of hydrogen-bond acceptors (Lipinski definition) is 5. The van der Waals surface area contributed by atoms with E-state index in [9.17, 15) is 9.59 Å². The standard InChI is InChI=1S/C16H18N6O2/c23-15-2-1-7-20(15)10-14-11-21(9-13-4-6-19-22(13)14)16(24)12-3-5-17-18-8-12/h3-6,8,14H,1-2,7,9-11H2/t14-/m0/s1. The summed E-state index contributed by atoms with van der Waals surface area (Å²) < 4.78 is 1.94. The molecule has 2 amide bonds. The van der Waals surface area contributed by atoms with E-state index in [0.29, 0.717) is 31.6 Å². The van der Waals surface area contributed by atoms with E-state index in [2.05, 4.69) is 15.3 Å². The summed E-state index contributed by atoms with van der Waals surface area (Å²) in [6, 6.07) is 3.56. The van der Waals surface area contributed by atoms with Crippen LogP contribution in [0.15, 0.2) is 30.7 Å². The molecule has 0 bridgehead atoms. The van der Waals surface area contributed by atoms with E-state index >= 15 is 0 Å². The van der Waals surface area contributed by atoms with Gasteiger partial charge in [-0.2, -0.15) is 15.3 Å². The summed E-state index contributed by atoms with van der Waals surface area (Å²) in [6.45, 7) is 2.41. The van der Waals surface area contributed by atoms with Crippen molar-refractivity contribution in [1.82, 2.24) is 29.8 Å². The van der Waals surface area contributed by atoms with Gasteiger partial charge in [0.2, 0.25) is 5.91 Å². The summed E-state index contributed by atoms with van der Waals surface area (Å²) >= 11 is 0. The molecule has 8 nitrogen and oxygen atoms in total. The van der Waals surface area contributed by atoms with E-state index in [4.69, 9.17) is 0 Å². The molecule has 4 rings (SSSR count). The van der Waals surface area contributed by atoms with E-state index in [0.717, 1.165) is 18.7 Å². The first-order valence-corrected chi connectivity index (χ1v) is 8.08. The molecule has 0 N–H and O–H groups in total. The summed E-state index contributed by atoms with van der Waals surface area (Å²) in [5, 5.41) is 11.9. The lowest BCUT2D eigenvalue weighted by atomic mass is 10.1. The third-order valence-electron chi connectivity index (χ3n) is 4.60. The van der Waals surface area contributed by atoms with Gasteiger partial charge < -0.3 is 9.80 Å². The summed E-state index contributed by atoms with van der Waals surface area (Å²) in [4.78, 5) is 28.3. The largest absolute Gasteiger partial charge is 0.340 e. The highest BCUT2D eigenvalue weighted by Crippen LogP contribution is 2.24. The first-order chi connectivity index (χ1) is 11.7. The zero-order chi connectivity index (χ0) is 16.5. The predicted octanol–water partition coefficient (Wildman–Crippen LogP) is 0.493. The molecule has 124 valence electrons. The van der Waals surface area contributed by atoms with Gasteiger partial charge in [0.05, 0.1) is 36.2 Å². The number of nitrogens with zero attached hydrogens (tertiary/aromatic N) is 6. The van der Waals surface area contributed by atoms with Gasteiger partial charge in [-0.05, 0) is 18.6 Å². The number of carbonyl (C=O) groups is 2. The minimum Gasteiger partial charge on any atom is -0.340 e. The fraction of sp³-hybridized carbons (Fsp3) is 0.438. The number of likely N-dealkylation sites (tertiary alicyclic amines) is 1. The van der Waals surface area contributed by atoms with Crippen LogP contribution in [0.1, 0.15) is 34.9 Å². The zero-order valence-electron chi connectivity index (χ0n) is 13.2. The van der Waals surface area contributed by atoms with Crippen LogP contribution in [0.25, 0.3) is 0 Å². The molecular formula is C16H18N6O2. The van der Waals surface area contributed by atoms with E-state index in [1.165, 1.54) is 12.4 Å². The average Bonchev–Trinajstić information content (AvgIpc) is 3.24. The molecule has 1 atom stereocenters. The lowest BCUT2D eigenvalue weighted by Crippen LogP contribution is -2.45. The van der Waals surface area contributed by atoms with E-state index in [1.807, 2.05) is 15.6 Å². The maximum atomic E-state index is 12.7. The number of hydrogen-bond donors (Lipinski definition) is 0. The van der Waals surface area contributed by atoms with Crippen molar-refractivity contribution in [2.75, 3.05) is 19.6 Å². The first kappa shape index (κ1) is 14.8. The van der Waals surface area contributed by atoms with Gasteiger partial charge in [-0.15, -0.1) is 0 Å². The molecule has 0 aromatic carbocycles. The number of fused-ring (bicyclic) bond motifs is 1. The summed E-state index contributed by atoms with van der Waals surface area (Å²) in [6.07, 6.45) is 6.26. The quantitative estimate of drug-likeness (QED) is 0.820. The second-order valence-corrected chi connectivity index (χ2v) is 6.18. The van der Waals surface area contributed by atoms with Crippen LogP contribution in [0.2, 0.25) is 0 Å². The van der Waals surface area contributed by atoms with Gasteiger partial charge in [0.15, 0.2) is 0 Å². The van der Waals surface area contributed by atoms with Gasteiger partial charge in [0.25, 0.3) is 5.91 Å². The zero-order valence-corrected chi connectivity index (χ0v) is 13.2. The van der Waals surface area contributed by atoms with Gasteiger partial charge >= 0.3 is 0 Å². The Morgan fingerprint density at radius 1 is 1.25 bits per heavy atom. The number of amides is 2. The second-order valence-electron chi connectivity index (χ2n) is 6.18. The van der Waals surface area contributed by atoms with Crippen molar-refractivity contribution in [2.45, 2.75) is 25.4 Å². The SMILES string of the molecule is O=C1CCCN1C[C@H]1CN(C(=O)c2ccnnc2)Cc2ccnn21. The van der Waals surface area contributed by atoms with Crippen LogP contribution >= 0.6 is 0 Å². The number of carbonyl (C=O) groups excluding carboxylic acids is 2. The summed E-state index contributed by atoms with van der Waals surface area (Å²) in [5.74, 6) is 0.112. The Kier molecular flexibility index (Phi) is 3.72. The fourth-order valence-electron chi connectivity index (χ4n) is 3.43. The Balaban J connectivity index is 1.56. The average molecular weight is 326 g/mol. The topological polar surface area (TPSA) is 84.2 Å². The van der Waals surface area contributed by atoms with Crippen molar-refractivity contribution in [2.24, 2.45) is 0 Å². The molecule has 8 heteroatoms. The van der Waals surface area contributed by atoms with Crippen LogP contribution in [0, 0.1) is 0 Å². The smallest absolute Gasteiger partial charge is 0.255 e. The van der Waals surface area contributed by atoms with Gasteiger partial charge in [-0.1, -0.05) is 0 Å². The Morgan fingerprint density at radius 2 is 2.17 bits per heavy atom. The van der Waals surface area contributed by atoms with Crippen LogP contribution in [0.4, 0.5) is 0 Å². The minimum atomic E-state index is -0.0740. The molecule has 2 aliphatic heterocycles. The lowest BCUT2D eigenvalue weighted by Gasteiger charge is -2.35. The Labute approximate surface area is 139 Å². The van der Waals surface area contributed by atoms with E-state index in [-0.39, 0.29) is 17.9 Å². The number of rotatable bonds is 3. The molecule has 2 aromatic rings. The van der Waals surface area contributed by atoms with Crippen LogP contribution in [0.3, 0.4) is 0 Å². The molecule has 2 aromatic heterocycles. The highest BCUT2D eigenvalue weighted by molar-refractivity contribution is 5.93. The molecule has 0 spiro atoms. The van der Waals surface area contributed by atoms with Gasteiger partial charge in [-0.3, -0.25) is 14.3 Å². The van der Waals surface area contributed by atoms with Crippen molar-refractivity contribution < 1.29 is 9.59 Å². The van der Waals surface area contributed by atoms with Crippen molar-refractivity contribution in [1.29, 1.82) is 0 Å². The molecule has 2 aliphatic rings. The lowest BCUT2D eigenvalue weighted by molar-refractivity contribution is -0.128. The molecular weight excluding hydrogens is 308 g/mol. The molecule has 24 heavy (non-hydrogen) atoms. The third kappa shape index (κ3) is 2.64. The monoisotopic (exact) mass is 326 g/mol. The molecule has 1 saturated heterocycles. The Hall–Kier alpha value is -2.77. The van der Waals surface area contributed by atoms with Crippen molar-refractivity contribution >= 4 is 11.8 Å². The molecule has 0 saturated carbocycles. The maximum Gasteiger partial charge on any atom is 0.255 e. The van der Waals surface area contributed by atoms with Gasteiger partial charge in [-0.25, -0.2) is 0 Å². The molecule has 4 heterocycles. The van der Waals surface area contributed by atoms with Crippen molar-refractivity contribution in [3.05, 3.63) is 42.0 Å². The van der Waals surface area contributed by atoms with Gasteiger partial charge in [0.1, 0.15) is 0 Å². The highest BCUT2D eigenvalue weighted by Gasteiger charge is 2.32. The molecule has 0 unspecified atom stereocenters. The van der Waals surface area contributed by atoms with E-state index < -0.39 is 0 Å². The van der Waals surface area contributed by atoms with E-state index in [1.54, 1.807) is 17.2 Å². The predicted molar refractivity (Wildman–Crippen MR) is 83.9 cm³/mol. The van der Waals surface area contributed by atoms with Crippen LogP contribution in [-0.2, 0) is 11.3 Å². The molecule has 1 fully saturated rings. The minimum absolute atomic E-state index is 0.0236. The van der Waals surface area contributed by atoms with Crippen molar-refractivity contribution in [3.63, 3.8) is 0 Å². The first-order valence-electron chi connectivity index (χ1n) is 8.08. The second kappa shape index (κ2) is 6.03. The van der Waals surface area contributed by atoms with Crippen LogP contribution < -0.4 is 0 Å². The highest BCUT2D eigenvalue weighted by atomic mass is 16.2. The third-order valence-corrected chi connectivity index (χ3v) is 4.60. The van der Waals surface area contributed by atoms with Crippen LogP contribution in [-0.4, -0.2) is 61.2 Å². The normalized spacial score (nSPS) is 20.3. The summed E-state index contributed by atoms with van der Waals surface area (Å²) in [5.41, 5.74) is 1.50. The van der Waals surface area contributed by atoms with Crippen LogP contribution in [0.5, 0.6) is 0 Å². The maximum absolute atomic E-state index is 12.7. The summed E-state index contributed by atoms with van der Waals surface area (Å²) in [7, 11) is 0. The molecule has 0 radical (unpaired) electrons. The number of aromatic nitrogens is 4. The molecule has 0 aliphatic carbocycles. The fourth-order valence-corrected chi connectivity index (χ4v) is 3.43.